The molecule has 2 saturated heterocycles. The Kier molecular flexibility index (Phi) is 5.91. The Morgan fingerprint density at radius 1 is 1.19 bits per heavy atom. The van der Waals surface area contributed by atoms with Crippen LogP contribution in [0.5, 0.6) is 0 Å². The molecule has 26 heavy (non-hydrogen) atoms. The normalized spacial score (nSPS) is 22.2. The zero-order valence-corrected chi connectivity index (χ0v) is 16.1. The smallest absolute Gasteiger partial charge is 0.240 e. The summed E-state index contributed by atoms with van der Waals surface area (Å²) in [4.78, 5) is 35.7. The van der Waals surface area contributed by atoms with Crippen molar-refractivity contribution < 1.29 is 9.59 Å². The molecule has 142 valence electrons. The number of aryl methyl sites for hydroxylation is 1. The van der Waals surface area contributed by atoms with Gasteiger partial charge in [0.2, 0.25) is 11.8 Å². The summed E-state index contributed by atoms with van der Waals surface area (Å²) in [5.41, 5.74) is 1.92. The van der Waals surface area contributed by atoms with E-state index in [-0.39, 0.29) is 23.9 Å². The van der Waals surface area contributed by atoms with Crippen molar-refractivity contribution in [1.29, 1.82) is 0 Å². The van der Waals surface area contributed by atoms with Crippen LogP contribution in [0.15, 0.2) is 18.3 Å². The highest BCUT2D eigenvalue weighted by Crippen LogP contribution is 2.21. The predicted octanol–water partition coefficient (Wildman–Crippen LogP) is 1.48. The molecular weight excluding hydrogens is 328 g/mol. The Morgan fingerprint density at radius 3 is 2.54 bits per heavy atom. The summed E-state index contributed by atoms with van der Waals surface area (Å²) in [6.07, 6.45) is 4.18. The van der Waals surface area contributed by atoms with Crippen LogP contribution >= 0.6 is 0 Å². The van der Waals surface area contributed by atoms with Gasteiger partial charge in [0.05, 0.1) is 12.5 Å². The summed E-state index contributed by atoms with van der Waals surface area (Å²) in [5, 5.41) is 0. The summed E-state index contributed by atoms with van der Waals surface area (Å²) in [6.45, 7) is 9.93. The standard InChI is InChI=1S/C20H30N4O2/c1-15(2)24-8-4-5-18(20(24)26)22-9-11-23(12-10-22)19(25)13-17-7-6-16(3)21-14-17/h6-7,14-15,18H,4-5,8-13H2,1-3H3/t18-/m1/s1. The number of rotatable bonds is 4. The van der Waals surface area contributed by atoms with Crippen LogP contribution in [0.4, 0.5) is 0 Å². The number of hydrogen-bond donors (Lipinski definition) is 0. The quantitative estimate of drug-likeness (QED) is 0.818. The molecule has 0 bridgehead atoms. The predicted molar refractivity (Wildman–Crippen MR) is 101 cm³/mol. The van der Waals surface area contributed by atoms with E-state index >= 15 is 0 Å². The summed E-state index contributed by atoms with van der Waals surface area (Å²) in [7, 11) is 0. The lowest BCUT2D eigenvalue weighted by Gasteiger charge is -2.43. The highest BCUT2D eigenvalue weighted by molar-refractivity contribution is 5.83. The third-order valence-corrected chi connectivity index (χ3v) is 5.50. The molecular formula is C20H30N4O2. The van der Waals surface area contributed by atoms with Crippen molar-refractivity contribution in [2.24, 2.45) is 0 Å². The zero-order valence-electron chi connectivity index (χ0n) is 16.1. The molecule has 1 aromatic rings. The summed E-state index contributed by atoms with van der Waals surface area (Å²) < 4.78 is 0. The summed E-state index contributed by atoms with van der Waals surface area (Å²) >= 11 is 0. The molecule has 6 heteroatoms. The molecule has 6 nitrogen and oxygen atoms in total. The van der Waals surface area contributed by atoms with Crippen molar-refractivity contribution in [3.8, 4) is 0 Å². The molecule has 2 aliphatic rings. The third kappa shape index (κ3) is 4.23. The Balaban J connectivity index is 1.53. The van der Waals surface area contributed by atoms with Gasteiger partial charge in [0.15, 0.2) is 0 Å². The average molecular weight is 358 g/mol. The van der Waals surface area contributed by atoms with Crippen molar-refractivity contribution in [3.63, 3.8) is 0 Å². The topological polar surface area (TPSA) is 56.8 Å². The van der Waals surface area contributed by atoms with E-state index in [1.165, 1.54) is 0 Å². The Hall–Kier alpha value is -1.95. The first-order valence-corrected chi connectivity index (χ1v) is 9.69. The van der Waals surface area contributed by atoms with Gasteiger partial charge < -0.3 is 9.80 Å². The first kappa shape index (κ1) is 18.8. The molecule has 0 saturated carbocycles. The molecule has 2 fully saturated rings. The van der Waals surface area contributed by atoms with Crippen LogP contribution in [0.3, 0.4) is 0 Å². The van der Waals surface area contributed by atoms with E-state index in [1.807, 2.05) is 28.9 Å². The average Bonchev–Trinajstić information content (AvgIpc) is 2.64. The minimum absolute atomic E-state index is 0.00954. The van der Waals surface area contributed by atoms with Crippen LogP contribution < -0.4 is 0 Å². The molecule has 0 aliphatic carbocycles. The van der Waals surface area contributed by atoms with E-state index in [2.05, 4.69) is 23.7 Å². The molecule has 2 amide bonds. The van der Waals surface area contributed by atoms with Crippen molar-refractivity contribution in [3.05, 3.63) is 29.6 Å². The van der Waals surface area contributed by atoms with Gasteiger partial charge in [0, 0.05) is 50.7 Å². The van der Waals surface area contributed by atoms with Gasteiger partial charge in [-0.25, -0.2) is 0 Å². The van der Waals surface area contributed by atoms with Crippen LogP contribution in [0.1, 0.15) is 37.9 Å². The maximum atomic E-state index is 12.7. The molecule has 0 unspecified atom stereocenters. The van der Waals surface area contributed by atoms with Crippen LogP contribution in [-0.4, -0.2) is 76.3 Å². The van der Waals surface area contributed by atoms with Crippen molar-refractivity contribution in [2.75, 3.05) is 32.7 Å². The first-order chi connectivity index (χ1) is 12.5. The first-order valence-electron chi connectivity index (χ1n) is 9.69. The van der Waals surface area contributed by atoms with Gasteiger partial charge >= 0.3 is 0 Å². The number of carbonyl (C=O) groups is 2. The van der Waals surface area contributed by atoms with Gasteiger partial charge in [-0.3, -0.25) is 19.5 Å². The van der Waals surface area contributed by atoms with E-state index in [4.69, 9.17) is 0 Å². The minimum Gasteiger partial charge on any atom is -0.340 e. The fourth-order valence-electron chi connectivity index (χ4n) is 3.90. The van der Waals surface area contributed by atoms with E-state index in [0.717, 1.165) is 43.7 Å². The van der Waals surface area contributed by atoms with Crippen LogP contribution in [-0.2, 0) is 16.0 Å². The second kappa shape index (κ2) is 8.16. The third-order valence-electron chi connectivity index (χ3n) is 5.50. The molecule has 3 heterocycles. The van der Waals surface area contributed by atoms with Crippen molar-refractivity contribution >= 4 is 11.8 Å². The largest absolute Gasteiger partial charge is 0.340 e. The number of amides is 2. The fraction of sp³-hybridized carbons (Fsp3) is 0.650. The zero-order chi connectivity index (χ0) is 18.7. The van der Waals surface area contributed by atoms with E-state index in [9.17, 15) is 9.59 Å². The Labute approximate surface area is 156 Å². The van der Waals surface area contributed by atoms with Crippen LogP contribution in [0.2, 0.25) is 0 Å². The highest BCUT2D eigenvalue weighted by atomic mass is 16.2. The van der Waals surface area contributed by atoms with E-state index < -0.39 is 0 Å². The SMILES string of the molecule is Cc1ccc(CC(=O)N2CCN([C@@H]3CCCN(C(C)C)C3=O)CC2)cn1. The van der Waals surface area contributed by atoms with Gasteiger partial charge in [0.25, 0.3) is 0 Å². The van der Waals surface area contributed by atoms with Crippen molar-refractivity contribution in [2.45, 2.75) is 52.1 Å². The van der Waals surface area contributed by atoms with Gasteiger partial charge in [0.1, 0.15) is 0 Å². The lowest BCUT2D eigenvalue weighted by molar-refractivity contribution is -0.143. The molecule has 3 rings (SSSR count). The highest BCUT2D eigenvalue weighted by Gasteiger charge is 2.36. The Morgan fingerprint density at radius 2 is 1.92 bits per heavy atom. The molecule has 1 atom stereocenters. The lowest BCUT2D eigenvalue weighted by atomic mass is 10.0. The summed E-state index contributed by atoms with van der Waals surface area (Å²) in [6, 6.07) is 4.16. The number of nitrogens with zero attached hydrogens (tertiary/aromatic N) is 4. The number of likely N-dealkylation sites (tertiary alicyclic amines) is 1. The molecule has 0 N–H and O–H groups in total. The van der Waals surface area contributed by atoms with E-state index in [1.54, 1.807) is 6.20 Å². The van der Waals surface area contributed by atoms with Gasteiger partial charge in [-0.15, -0.1) is 0 Å². The number of carbonyl (C=O) groups excluding carboxylic acids is 2. The molecule has 0 spiro atoms. The number of hydrogen-bond acceptors (Lipinski definition) is 4. The van der Waals surface area contributed by atoms with Crippen LogP contribution in [0.25, 0.3) is 0 Å². The van der Waals surface area contributed by atoms with Crippen LogP contribution in [0, 0.1) is 6.92 Å². The second-order valence-corrected chi connectivity index (χ2v) is 7.68. The molecule has 0 aromatic carbocycles. The minimum atomic E-state index is -0.00954. The summed E-state index contributed by atoms with van der Waals surface area (Å²) in [5.74, 6) is 0.408. The molecule has 1 aromatic heterocycles. The number of piperazine rings is 1. The number of piperidine rings is 1. The maximum Gasteiger partial charge on any atom is 0.240 e. The second-order valence-electron chi connectivity index (χ2n) is 7.68. The van der Waals surface area contributed by atoms with E-state index in [0.29, 0.717) is 19.5 Å². The number of aromatic nitrogens is 1. The molecule has 0 radical (unpaired) electrons. The van der Waals surface area contributed by atoms with Gasteiger partial charge in [-0.2, -0.15) is 0 Å². The Bertz CT molecular complexity index is 636. The number of pyridine rings is 1. The fourth-order valence-corrected chi connectivity index (χ4v) is 3.90. The monoisotopic (exact) mass is 358 g/mol. The lowest BCUT2D eigenvalue weighted by Crippen LogP contribution is -2.59. The van der Waals surface area contributed by atoms with Gasteiger partial charge in [-0.1, -0.05) is 6.07 Å². The van der Waals surface area contributed by atoms with Crippen molar-refractivity contribution in [1.82, 2.24) is 19.7 Å². The molecule has 2 aliphatic heterocycles. The van der Waals surface area contributed by atoms with Gasteiger partial charge in [-0.05, 0) is 45.2 Å². The maximum absolute atomic E-state index is 12.7.